The molecule has 0 unspecified atom stereocenters. The quantitative estimate of drug-likeness (QED) is 0.217. The minimum absolute atomic E-state index is 0.0772. The second kappa shape index (κ2) is 9.25. The van der Waals surface area contributed by atoms with E-state index in [0.29, 0.717) is 19.1 Å². The number of rotatable bonds is 7. The van der Waals surface area contributed by atoms with Gasteiger partial charge in [0.25, 0.3) is 0 Å². The number of carbonyl (C=O) groups excluding carboxylic acids is 1. The number of carbonyl (C=O) groups is 1. The molecule has 170 valence electrons. The molecule has 2 aliphatic carbocycles. The normalized spacial score (nSPS) is 43.5. The van der Waals surface area contributed by atoms with E-state index in [0.717, 1.165) is 58.5 Å². The van der Waals surface area contributed by atoms with Crippen molar-refractivity contribution in [3.05, 3.63) is 11.6 Å². The highest BCUT2D eigenvalue weighted by Crippen LogP contribution is 2.55. The zero-order valence-corrected chi connectivity index (χ0v) is 18.6. The molecular weight excluding hydrogens is 384 g/mol. The van der Waals surface area contributed by atoms with Gasteiger partial charge in [-0.05, 0) is 18.8 Å². The second-order valence-corrected chi connectivity index (χ2v) is 10.1. The van der Waals surface area contributed by atoms with Crippen LogP contribution in [0.3, 0.4) is 0 Å². The van der Waals surface area contributed by atoms with E-state index in [1.807, 2.05) is 0 Å². The number of piperazine rings is 1. The van der Waals surface area contributed by atoms with Gasteiger partial charge in [-0.2, -0.15) is 0 Å². The smallest absolute Gasteiger partial charge is 0.315 e. The number of fused-ring (bicyclic) bond motifs is 2. The summed E-state index contributed by atoms with van der Waals surface area (Å²) in [6.45, 7) is 11.6. The summed E-state index contributed by atoms with van der Waals surface area (Å²) < 4.78 is 11.2. The van der Waals surface area contributed by atoms with Crippen LogP contribution in [0, 0.1) is 23.2 Å². The van der Waals surface area contributed by atoms with Gasteiger partial charge in [0.2, 0.25) is 0 Å². The minimum Gasteiger partial charge on any atom is -0.461 e. The van der Waals surface area contributed by atoms with Gasteiger partial charge in [0, 0.05) is 17.8 Å². The molecule has 4 rings (SSSR count). The van der Waals surface area contributed by atoms with Gasteiger partial charge >= 0.3 is 5.97 Å². The average molecular weight is 425 g/mol. The van der Waals surface area contributed by atoms with Crippen molar-refractivity contribution < 1.29 is 34.3 Å². The lowest BCUT2D eigenvalue weighted by atomic mass is 9.55. The van der Waals surface area contributed by atoms with Crippen LogP contribution in [0.5, 0.6) is 0 Å². The van der Waals surface area contributed by atoms with Gasteiger partial charge < -0.3 is 29.5 Å². The van der Waals surface area contributed by atoms with Crippen LogP contribution in [0.1, 0.15) is 33.1 Å². The van der Waals surface area contributed by atoms with Crippen LogP contribution in [-0.2, 0) is 14.3 Å². The number of aliphatic hydroxyl groups is 2. The number of allylic oxidation sites excluding steroid dienone is 1. The SMILES string of the molecule is C[C@H]1CCC=C2C[C@H]3OC(=O)[C@@H](C[NH+]4CC[NH+](CCOCCO)CC4)[C@H]3[C@H](O)[C@@]21C. The largest absolute Gasteiger partial charge is 0.461 e. The maximum atomic E-state index is 12.8. The van der Waals surface area contributed by atoms with Gasteiger partial charge in [-0.25, -0.2) is 0 Å². The van der Waals surface area contributed by atoms with Crippen molar-refractivity contribution >= 4 is 5.97 Å². The lowest BCUT2D eigenvalue weighted by Gasteiger charge is -2.51. The summed E-state index contributed by atoms with van der Waals surface area (Å²) in [6, 6.07) is 0. The molecule has 2 saturated heterocycles. The van der Waals surface area contributed by atoms with Crippen LogP contribution >= 0.6 is 0 Å². The molecule has 4 N–H and O–H groups in total. The Kier molecular flexibility index (Phi) is 6.85. The Hall–Kier alpha value is -0.990. The first-order chi connectivity index (χ1) is 14.4. The molecule has 0 aromatic heterocycles. The van der Waals surface area contributed by atoms with Gasteiger partial charge in [-0.15, -0.1) is 0 Å². The zero-order chi connectivity index (χ0) is 21.3. The van der Waals surface area contributed by atoms with E-state index in [2.05, 4.69) is 19.9 Å². The third-order valence-electron chi connectivity index (χ3n) is 8.58. The average Bonchev–Trinajstić information content (AvgIpc) is 3.04. The Morgan fingerprint density at radius 2 is 1.97 bits per heavy atom. The highest BCUT2D eigenvalue weighted by molar-refractivity contribution is 5.76. The summed E-state index contributed by atoms with van der Waals surface area (Å²) in [7, 11) is 0. The molecule has 30 heavy (non-hydrogen) atoms. The molecule has 3 fully saturated rings. The van der Waals surface area contributed by atoms with Crippen LogP contribution in [0.15, 0.2) is 11.6 Å². The molecule has 0 radical (unpaired) electrons. The summed E-state index contributed by atoms with van der Waals surface area (Å²) in [5.41, 5.74) is 1.08. The van der Waals surface area contributed by atoms with Crippen molar-refractivity contribution in [3.8, 4) is 0 Å². The van der Waals surface area contributed by atoms with Gasteiger partial charge in [0.05, 0.1) is 32.5 Å². The molecule has 7 heteroatoms. The highest BCUT2D eigenvalue weighted by atomic mass is 16.6. The van der Waals surface area contributed by atoms with E-state index in [9.17, 15) is 9.90 Å². The number of esters is 1. The summed E-state index contributed by atoms with van der Waals surface area (Å²) >= 11 is 0. The van der Waals surface area contributed by atoms with Crippen LogP contribution < -0.4 is 9.80 Å². The lowest BCUT2D eigenvalue weighted by molar-refractivity contribution is -1.01. The number of quaternary nitrogens is 2. The van der Waals surface area contributed by atoms with Crippen LogP contribution in [0.2, 0.25) is 0 Å². The van der Waals surface area contributed by atoms with Crippen molar-refractivity contribution in [2.75, 3.05) is 59.1 Å². The molecule has 0 aromatic rings. The third-order valence-corrected chi connectivity index (χ3v) is 8.58. The fourth-order valence-corrected chi connectivity index (χ4v) is 6.40. The van der Waals surface area contributed by atoms with Crippen LogP contribution in [0.4, 0.5) is 0 Å². The molecule has 1 saturated carbocycles. The molecule has 0 amide bonds. The van der Waals surface area contributed by atoms with Crippen molar-refractivity contribution in [1.82, 2.24) is 0 Å². The first kappa shape index (κ1) is 22.2. The number of ether oxygens (including phenoxy) is 2. The molecule has 6 atom stereocenters. The number of hydrogen-bond donors (Lipinski definition) is 4. The number of nitrogens with one attached hydrogen (secondary N) is 2. The Morgan fingerprint density at radius 3 is 2.70 bits per heavy atom. The Balaban J connectivity index is 1.36. The van der Waals surface area contributed by atoms with E-state index >= 15 is 0 Å². The van der Waals surface area contributed by atoms with Gasteiger partial charge in [0.1, 0.15) is 44.7 Å². The fraction of sp³-hybridized carbons (Fsp3) is 0.870. The molecular formula is C23H40N2O5+2. The van der Waals surface area contributed by atoms with Gasteiger partial charge in [-0.1, -0.05) is 25.5 Å². The van der Waals surface area contributed by atoms with Crippen molar-refractivity contribution in [1.29, 1.82) is 0 Å². The van der Waals surface area contributed by atoms with E-state index in [1.54, 1.807) is 0 Å². The molecule has 2 heterocycles. The van der Waals surface area contributed by atoms with Crippen molar-refractivity contribution in [2.24, 2.45) is 23.2 Å². The maximum Gasteiger partial charge on any atom is 0.315 e. The number of aliphatic hydroxyl groups excluding tert-OH is 2. The summed E-state index contributed by atoms with van der Waals surface area (Å²) in [6.07, 6.45) is 4.59. The predicted octanol–water partition coefficient (Wildman–Crippen LogP) is -1.94. The summed E-state index contributed by atoms with van der Waals surface area (Å²) in [5.74, 6) is 0.0588. The fourth-order valence-electron chi connectivity index (χ4n) is 6.40. The Labute approximate surface area is 180 Å². The Morgan fingerprint density at radius 1 is 1.23 bits per heavy atom. The molecule has 0 aromatic carbocycles. The van der Waals surface area contributed by atoms with E-state index in [4.69, 9.17) is 14.6 Å². The van der Waals surface area contributed by atoms with Gasteiger partial charge in [-0.3, -0.25) is 4.79 Å². The molecule has 7 nitrogen and oxygen atoms in total. The Bertz CT molecular complexity index is 648. The maximum absolute atomic E-state index is 12.8. The van der Waals surface area contributed by atoms with E-state index in [1.165, 1.54) is 15.4 Å². The van der Waals surface area contributed by atoms with E-state index in [-0.39, 0.29) is 35.9 Å². The zero-order valence-electron chi connectivity index (χ0n) is 18.6. The van der Waals surface area contributed by atoms with Gasteiger partial charge in [0.15, 0.2) is 0 Å². The van der Waals surface area contributed by atoms with E-state index < -0.39 is 6.10 Å². The monoisotopic (exact) mass is 424 g/mol. The topological polar surface area (TPSA) is 84.9 Å². The van der Waals surface area contributed by atoms with Crippen LogP contribution in [-0.4, -0.2) is 87.5 Å². The minimum atomic E-state index is -0.510. The molecule has 0 bridgehead atoms. The molecule has 4 aliphatic rings. The third kappa shape index (κ3) is 4.07. The second-order valence-electron chi connectivity index (χ2n) is 10.1. The lowest BCUT2D eigenvalue weighted by Crippen LogP contribution is -3.28. The van der Waals surface area contributed by atoms with Crippen LogP contribution in [0.25, 0.3) is 0 Å². The number of hydrogen-bond acceptors (Lipinski definition) is 5. The first-order valence-corrected chi connectivity index (χ1v) is 11.9. The van der Waals surface area contributed by atoms with Crippen molar-refractivity contribution in [3.63, 3.8) is 0 Å². The summed E-state index contributed by atoms with van der Waals surface area (Å²) in [5, 5.41) is 20.3. The summed E-state index contributed by atoms with van der Waals surface area (Å²) in [4.78, 5) is 15.8. The van der Waals surface area contributed by atoms with Crippen molar-refractivity contribution in [2.45, 2.75) is 45.3 Å². The predicted molar refractivity (Wildman–Crippen MR) is 111 cm³/mol. The molecule has 0 spiro atoms. The molecule has 2 aliphatic heterocycles. The standard InChI is InChI=1S/C23H38N2O5/c1-16-4-3-5-17-14-19-20(21(27)23(16,17)2)18(22(28)30-19)15-25-8-6-24(7-9-25)10-12-29-13-11-26/h5,16,18-21,26-27H,3-4,6-15H2,1-2H3/p+2/t16-,18-,19+,20+,21-,23+/m0/s1. The first-order valence-electron chi connectivity index (χ1n) is 11.9. The highest BCUT2D eigenvalue weighted by Gasteiger charge is 2.60.